The molecule has 1 aromatic heterocycles. The molecule has 1 heterocycles. The van der Waals surface area contributed by atoms with Gasteiger partial charge in [0.25, 0.3) is 0 Å². The highest BCUT2D eigenvalue weighted by molar-refractivity contribution is 9.11. The third-order valence-electron chi connectivity index (χ3n) is 1.96. The van der Waals surface area contributed by atoms with E-state index in [0.29, 0.717) is 0 Å². The first-order valence-corrected chi connectivity index (χ1v) is 5.20. The molecule has 0 N–H and O–H groups in total. The monoisotopic (exact) mass is 275 g/mol. The fraction of sp³-hybridized carbons (Fsp3) is 0.375. The van der Waals surface area contributed by atoms with Gasteiger partial charge in [-0.15, -0.1) is 0 Å². The van der Waals surface area contributed by atoms with Crippen LogP contribution >= 0.6 is 31.9 Å². The number of aryl methyl sites for hydroxylation is 1. The molecule has 1 aliphatic rings. The maximum Gasteiger partial charge on any atom is 0.107 e. The smallest absolute Gasteiger partial charge is 0.107 e. The molecule has 0 saturated carbocycles. The molecule has 1 aromatic rings. The van der Waals surface area contributed by atoms with Crippen LogP contribution < -0.4 is 0 Å². The first-order chi connectivity index (χ1) is 5.27. The summed E-state index contributed by atoms with van der Waals surface area (Å²) in [6, 6.07) is 2.02. The molecule has 58 valence electrons. The van der Waals surface area contributed by atoms with E-state index >= 15 is 0 Å². The Balaban J connectivity index is 2.60. The van der Waals surface area contributed by atoms with Crippen molar-refractivity contribution in [3.8, 4) is 0 Å². The molecule has 0 fully saturated rings. The van der Waals surface area contributed by atoms with E-state index in [0.717, 1.165) is 11.0 Å². The van der Waals surface area contributed by atoms with Gasteiger partial charge < -0.3 is 0 Å². The lowest BCUT2D eigenvalue weighted by atomic mass is 10.2. The third-order valence-corrected chi connectivity index (χ3v) is 3.08. The van der Waals surface area contributed by atoms with Crippen molar-refractivity contribution in [1.82, 2.24) is 4.98 Å². The Hall–Kier alpha value is 0.110. The summed E-state index contributed by atoms with van der Waals surface area (Å²) in [5, 5.41) is 0. The average molecular weight is 277 g/mol. The van der Waals surface area contributed by atoms with Crippen LogP contribution in [-0.2, 0) is 12.8 Å². The minimum absolute atomic E-state index is 0.935. The molecule has 0 unspecified atom stereocenters. The second kappa shape index (κ2) is 2.87. The maximum atomic E-state index is 4.40. The zero-order valence-corrected chi connectivity index (χ0v) is 9.07. The maximum absolute atomic E-state index is 4.40. The van der Waals surface area contributed by atoms with Gasteiger partial charge in [0.05, 0.1) is 0 Å². The van der Waals surface area contributed by atoms with Crippen molar-refractivity contribution in [2.45, 2.75) is 19.3 Å². The van der Waals surface area contributed by atoms with Gasteiger partial charge in [-0.05, 0) is 46.8 Å². The van der Waals surface area contributed by atoms with E-state index in [2.05, 4.69) is 36.8 Å². The Morgan fingerprint density at radius 3 is 2.91 bits per heavy atom. The zero-order chi connectivity index (χ0) is 7.84. The summed E-state index contributed by atoms with van der Waals surface area (Å²) in [5.74, 6) is 0. The first-order valence-electron chi connectivity index (χ1n) is 3.61. The highest BCUT2D eigenvalue weighted by Gasteiger charge is 2.15. The number of fused-ring (bicyclic) bond motifs is 1. The van der Waals surface area contributed by atoms with Crippen molar-refractivity contribution in [3.05, 3.63) is 26.4 Å². The fourth-order valence-corrected chi connectivity index (χ4v) is 2.86. The minimum atomic E-state index is 0.935. The van der Waals surface area contributed by atoms with Crippen molar-refractivity contribution in [2.24, 2.45) is 0 Å². The van der Waals surface area contributed by atoms with Crippen LogP contribution in [0.4, 0.5) is 0 Å². The van der Waals surface area contributed by atoms with E-state index in [1.807, 2.05) is 6.07 Å². The van der Waals surface area contributed by atoms with Crippen molar-refractivity contribution < 1.29 is 0 Å². The quantitative estimate of drug-likeness (QED) is 0.664. The van der Waals surface area contributed by atoms with Crippen molar-refractivity contribution in [3.63, 3.8) is 0 Å². The van der Waals surface area contributed by atoms with Gasteiger partial charge >= 0.3 is 0 Å². The van der Waals surface area contributed by atoms with E-state index in [1.54, 1.807) is 0 Å². The molecule has 0 atom stereocenters. The van der Waals surface area contributed by atoms with Crippen LogP contribution in [-0.4, -0.2) is 4.98 Å². The Bertz CT molecular complexity index is 296. The number of aromatic nitrogens is 1. The van der Waals surface area contributed by atoms with Crippen molar-refractivity contribution in [2.75, 3.05) is 0 Å². The lowest BCUT2D eigenvalue weighted by molar-refractivity contribution is 0.897. The van der Waals surface area contributed by atoms with Gasteiger partial charge in [-0.2, -0.15) is 0 Å². The van der Waals surface area contributed by atoms with Crippen LogP contribution in [0.2, 0.25) is 0 Å². The van der Waals surface area contributed by atoms with Crippen LogP contribution in [0.1, 0.15) is 17.7 Å². The summed E-state index contributed by atoms with van der Waals surface area (Å²) in [5.41, 5.74) is 2.65. The third kappa shape index (κ3) is 1.36. The fourth-order valence-electron chi connectivity index (χ4n) is 1.46. The minimum Gasteiger partial charge on any atom is -0.246 e. The molecule has 0 radical (unpaired) electrons. The summed E-state index contributed by atoms with van der Waals surface area (Å²) in [6.07, 6.45) is 3.56. The number of nitrogens with zero attached hydrogens (tertiary/aromatic N) is 1. The van der Waals surface area contributed by atoms with E-state index in [1.165, 1.54) is 28.6 Å². The Kier molecular flexibility index (Phi) is 2.02. The highest BCUT2D eigenvalue weighted by atomic mass is 79.9. The molecule has 11 heavy (non-hydrogen) atoms. The molecular weight excluding hydrogens is 270 g/mol. The molecule has 1 aliphatic carbocycles. The van der Waals surface area contributed by atoms with Crippen LogP contribution in [0.15, 0.2) is 15.1 Å². The van der Waals surface area contributed by atoms with Gasteiger partial charge in [0.2, 0.25) is 0 Å². The standard InChI is InChI=1S/C8H7Br2N/c9-6-4-8(10)11-7-3-1-2-5(6)7/h4H,1-3H2. The molecule has 0 bridgehead atoms. The molecule has 3 heteroatoms. The molecule has 0 saturated heterocycles. The summed E-state index contributed by atoms with van der Waals surface area (Å²) in [4.78, 5) is 4.40. The van der Waals surface area contributed by atoms with Gasteiger partial charge in [-0.3, -0.25) is 0 Å². The van der Waals surface area contributed by atoms with Gasteiger partial charge in [0.15, 0.2) is 0 Å². The summed E-state index contributed by atoms with van der Waals surface area (Å²) >= 11 is 6.90. The number of rotatable bonds is 0. The molecule has 0 aromatic carbocycles. The van der Waals surface area contributed by atoms with Crippen LogP contribution in [0.3, 0.4) is 0 Å². The molecule has 2 rings (SSSR count). The van der Waals surface area contributed by atoms with E-state index in [-0.39, 0.29) is 0 Å². The Morgan fingerprint density at radius 1 is 1.27 bits per heavy atom. The molecular formula is C8H7Br2N. The predicted octanol–water partition coefficient (Wildman–Crippen LogP) is 3.10. The SMILES string of the molecule is Brc1cc(Br)c2c(n1)CCC2. The molecule has 1 nitrogen and oxygen atoms in total. The summed E-state index contributed by atoms with van der Waals surface area (Å²) < 4.78 is 2.14. The summed E-state index contributed by atoms with van der Waals surface area (Å²) in [7, 11) is 0. The lowest BCUT2D eigenvalue weighted by Crippen LogP contribution is -1.89. The number of hydrogen-bond acceptors (Lipinski definition) is 1. The van der Waals surface area contributed by atoms with E-state index in [4.69, 9.17) is 0 Å². The number of hydrogen-bond donors (Lipinski definition) is 0. The molecule has 0 aliphatic heterocycles. The van der Waals surface area contributed by atoms with Gasteiger partial charge in [0.1, 0.15) is 4.60 Å². The van der Waals surface area contributed by atoms with Crippen LogP contribution in [0.5, 0.6) is 0 Å². The second-order valence-electron chi connectivity index (χ2n) is 2.71. The zero-order valence-electron chi connectivity index (χ0n) is 5.90. The van der Waals surface area contributed by atoms with Crippen LogP contribution in [0, 0.1) is 0 Å². The Morgan fingerprint density at radius 2 is 2.09 bits per heavy atom. The highest BCUT2D eigenvalue weighted by Crippen LogP contribution is 2.29. The summed E-state index contributed by atoms with van der Waals surface area (Å²) in [6.45, 7) is 0. The second-order valence-corrected chi connectivity index (χ2v) is 4.37. The average Bonchev–Trinajstić information content (AvgIpc) is 2.34. The molecule has 0 spiro atoms. The largest absolute Gasteiger partial charge is 0.246 e. The number of halogens is 2. The van der Waals surface area contributed by atoms with E-state index < -0.39 is 0 Å². The topological polar surface area (TPSA) is 12.9 Å². The van der Waals surface area contributed by atoms with Gasteiger partial charge in [-0.1, -0.05) is 15.9 Å². The molecule has 0 amide bonds. The normalized spacial score (nSPS) is 15.1. The van der Waals surface area contributed by atoms with Crippen molar-refractivity contribution in [1.29, 1.82) is 0 Å². The first kappa shape index (κ1) is 7.74. The van der Waals surface area contributed by atoms with Gasteiger partial charge in [-0.25, -0.2) is 4.98 Å². The van der Waals surface area contributed by atoms with Crippen LogP contribution in [0.25, 0.3) is 0 Å². The van der Waals surface area contributed by atoms with E-state index in [9.17, 15) is 0 Å². The van der Waals surface area contributed by atoms with Gasteiger partial charge in [0, 0.05) is 10.2 Å². The predicted molar refractivity (Wildman–Crippen MR) is 51.7 cm³/mol. The van der Waals surface area contributed by atoms with Crippen molar-refractivity contribution >= 4 is 31.9 Å². The number of pyridine rings is 1. The lowest BCUT2D eigenvalue weighted by Gasteiger charge is -2.01. The Labute approximate surface area is 82.5 Å².